The number of halogens is 2. The normalized spacial score (nSPS) is 8.93. The molecule has 3 heteroatoms. The van der Waals surface area contributed by atoms with E-state index in [2.05, 4.69) is 11.9 Å². The van der Waals surface area contributed by atoms with Crippen molar-refractivity contribution in [3.8, 4) is 0 Å². The molecule has 0 spiro atoms. The molecule has 15 heavy (non-hydrogen) atoms. The van der Waals surface area contributed by atoms with E-state index in [0.717, 1.165) is 21.8 Å². The van der Waals surface area contributed by atoms with Gasteiger partial charge in [-0.3, -0.25) is 0 Å². The van der Waals surface area contributed by atoms with Gasteiger partial charge in [-0.25, -0.2) is 0 Å². The van der Waals surface area contributed by atoms with Crippen LogP contribution in [-0.2, 0) is 0 Å². The minimum atomic E-state index is 0.392. The first-order chi connectivity index (χ1) is 7.00. The first-order valence-corrected chi connectivity index (χ1v) is 5.64. The number of nitrogens with one attached hydrogen (secondary N) is 1. The maximum atomic E-state index is 5.96. The van der Waals surface area contributed by atoms with Crippen molar-refractivity contribution in [2.75, 3.05) is 5.32 Å². The fourth-order valence-corrected chi connectivity index (χ4v) is 1.37. The molecule has 0 heterocycles. The molecule has 0 amide bonds. The second-order valence-corrected chi connectivity index (χ2v) is 3.81. The van der Waals surface area contributed by atoms with Crippen LogP contribution in [0.1, 0.15) is 25.0 Å². The van der Waals surface area contributed by atoms with Gasteiger partial charge >= 0.3 is 0 Å². The molecule has 1 rings (SSSR count). The van der Waals surface area contributed by atoms with Crippen LogP contribution in [0.25, 0.3) is 0 Å². The highest BCUT2D eigenvalue weighted by Gasteiger charge is 2.02. The molecule has 0 saturated carbocycles. The van der Waals surface area contributed by atoms with E-state index in [1.165, 1.54) is 0 Å². The molecule has 0 aromatic heterocycles. The third kappa shape index (κ3) is 4.59. The Balaban J connectivity index is 0.000000921. The van der Waals surface area contributed by atoms with Crippen LogP contribution in [0.15, 0.2) is 23.9 Å². The van der Waals surface area contributed by atoms with E-state index in [-0.39, 0.29) is 0 Å². The van der Waals surface area contributed by atoms with Crippen LogP contribution in [0, 0.1) is 13.8 Å². The Kier molecular flexibility index (Phi) is 6.46. The Morgan fingerprint density at radius 2 is 1.73 bits per heavy atom. The molecule has 0 aliphatic carbocycles. The molecule has 0 unspecified atom stereocenters. The molecule has 1 N–H and O–H groups in total. The second-order valence-electron chi connectivity index (χ2n) is 2.95. The summed E-state index contributed by atoms with van der Waals surface area (Å²) in [4.78, 5) is 0. The maximum Gasteiger partial charge on any atom is 0.0989 e. The minimum Gasteiger partial charge on any atom is -0.346 e. The summed E-state index contributed by atoms with van der Waals surface area (Å²) >= 11 is 11.6. The highest BCUT2D eigenvalue weighted by molar-refractivity contribution is 6.32. The zero-order valence-corrected chi connectivity index (χ0v) is 11.1. The molecule has 1 nitrogen and oxygen atoms in total. The number of hydrogen-bond donors (Lipinski definition) is 1. The van der Waals surface area contributed by atoms with Crippen LogP contribution in [-0.4, -0.2) is 0 Å². The van der Waals surface area contributed by atoms with Gasteiger partial charge in [0, 0.05) is 10.7 Å². The minimum absolute atomic E-state index is 0.392. The van der Waals surface area contributed by atoms with E-state index >= 15 is 0 Å². The average Bonchev–Trinajstić information content (AvgIpc) is 2.17. The highest BCUT2D eigenvalue weighted by Crippen LogP contribution is 2.25. The summed E-state index contributed by atoms with van der Waals surface area (Å²) in [6.45, 7) is 11.5. The van der Waals surface area contributed by atoms with Crippen LogP contribution in [0.5, 0.6) is 0 Å². The topological polar surface area (TPSA) is 12.0 Å². The van der Waals surface area contributed by atoms with Gasteiger partial charge in [-0.15, -0.1) is 0 Å². The quantitative estimate of drug-likeness (QED) is 0.715. The first kappa shape index (κ1) is 14.3. The van der Waals surface area contributed by atoms with Crippen molar-refractivity contribution >= 4 is 28.9 Å². The Morgan fingerprint density at radius 1 is 1.20 bits per heavy atom. The lowest BCUT2D eigenvalue weighted by molar-refractivity contribution is 1.37. The van der Waals surface area contributed by atoms with Crippen LogP contribution in [0.2, 0.25) is 5.02 Å². The van der Waals surface area contributed by atoms with Crippen molar-refractivity contribution in [2.24, 2.45) is 0 Å². The van der Waals surface area contributed by atoms with Crippen LogP contribution in [0.4, 0.5) is 5.69 Å². The SMILES string of the molecule is C=C(Cl)Nc1cc(Cl)c(C)cc1C.CC. The summed E-state index contributed by atoms with van der Waals surface area (Å²) < 4.78 is 0. The Labute approximate surface area is 102 Å². The van der Waals surface area contributed by atoms with Crippen LogP contribution in [0.3, 0.4) is 0 Å². The van der Waals surface area contributed by atoms with E-state index in [9.17, 15) is 0 Å². The van der Waals surface area contributed by atoms with E-state index < -0.39 is 0 Å². The molecule has 0 aliphatic heterocycles. The van der Waals surface area contributed by atoms with Crippen LogP contribution < -0.4 is 5.32 Å². The predicted molar refractivity (Wildman–Crippen MR) is 70.9 cm³/mol. The van der Waals surface area contributed by atoms with E-state index in [0.29, 0.717) is 5.16 Å². The largest absolute Gasteiger partial charge is 0.346 e. The highest BCUT2D eigenvalue weighted by atomic mass is 35.5. The lowest BCUT2D eigenvalue weighted by Crippen LogP contribution is -1.95. The van der Waals surface area contributed by atoms with Crippen molar-refractivity contribution in [3.05, 3.63) is 40.0 Å². The van der Waals surface area contributed by atoms with Gasteiger partial charge in [0.25, 0.3) is 0 Å². The van der Waals surface area contributed by atoms with Crippen molar-refractivity contribution in [2.45, 2.75) is 27.7 Å². The molecule has 0 radical (unpaired) electrons. The van der Waals surface area contributed by atoms with Gasteiger partial charge in [-0.05, 0) is 31.0 Å². The maximum absolute atomic E-state index is 5.96. The van der Waals surface area contributed by atoms with E-state index in [1.807, 2.05) is 39.8 Å². The van der Waals surface area contributed by atoms with Crippen LogP contribution >= 0.6 is 23.2 Å². The lowest BCUT2D eigenvalue weighted by Gasteiger charge is -2.09. The molecule has 1 aromatic carbocycles. The number of benzene rings is 1. The van der Waals surface area contributed by atoms with Gasteiger partial charge in [0.1, 0.15) is 0 Å². The molecule has 1 aromatic rings. The second kappa shape index (κ2) is 6.76. The van der Waals surface area contributed by atoms with Gasteiger partial charge in [0.15, 0.2) is 0 Å². The summed E-state index contributed by atoms with van der Waals surface area (Å²) in [7, 11) is 0. The Morgan fingerprint density at radius 3 is 2.20 bits per heavy atom. The third-order valence-electron chi connectivity index (χ3n) is 1.78. The van der Waals surface area contributed by atoms with Gasteiger partial charge in [-0.1, -0.05) is 49.7 Å². The Bertz CT molecular complexity index is 346. The summed E-state index contributed by atoms with van der Waals surface area (Å²) in [6, 6.07) is 3.85. The molecule has 84 valence electrons. The average molecular weight is 246 g/mol. The molecule has 0 fully saturated rings. The zero-order valence-electron chi connectivity index (χ0n) is 9.62. The smallest absolute Gasteiger partial charge is 0.0989 e. The van der Waals surface area contributed by atoms with Gasteiger partial charge in [-0.2, -0.15) is 0 Å². The number of anilines is 1. The number of hydrogen-bond acceptors (Lipinski definition) is 1. The van der Waals surface area contributed by atoms with E-state index in [4.69, 9.17) is 23.2 Å². The summed E-state index contributed by atoms with van der Waals surface area (Å²) in [5, 5.41) is 4.05. The molecule has 0 bridgehead atoms. The van der Waals surface area contributed by atoms with Gasteiger partial charge in [0.05, 0.1) is 5.16 Å². The summed E-state index contributed by atoms with van der Waals surface area (Å²) in [5.74, 6) is 0. The number of aryl methyl sites for hydroxylation is 2. The fraction of sp³-hybridized carbons (Fsp3) is 0.333. The zero-order chi connectivity index (χ0) is 12.0. The van der Waals surface area contributed by atoms with Crippen molar-refractivity contribution in [1.29, 1.82) is 0 Å². The van der Waals surface area contributed by atoms with E-state index in [1.54, 1.807) is 0 Å². The summed E-state index contributed by atoms with van der Waals surface area (Å²) in [5.41, 5.74) is 3.06. The molecular weight excluding hydrogens is 229 g/mol. The standard InChI is InChI=1S/C10H11Cl2N.C2H6/c1-6-4-7(2)10(5-9(6)12)13-8(3)11;1-2/h4-5,13H,3H2,1-2H3;1-2H3. The fourth-order valence-electron chi connectivity index (χ4n) is 1.11. The molecule has 0 saturated heterocycles. The Hall–Kier alpha value is -0.660. The van der Waals surface area contributed by atoms with Crippen molar-refractivity contribution in [1.82, 2.24) is 0 Å². The van der Waals surface area contributed by atoms with Crippen molar-refractivity contribution < 1.29 is 0 Å². The monoisotopic (exact) mass is 245 g/mol. The molecular formula is C12H17Cl2N. The van der Waals surface area contributed by atoms with Crippen molar-refractivity contribution in [3.63, 3.8) is 0 Å². The van der Waals surface area contributed by atoms with Gasteiger partial charge < -0.3 is 5.32 Å². The third-order valence-corrected chi connectivity index (χ3v) is 2.28. The number of rotatable bonds is 2. The van der Waals surface area contributed by atoms with Gasteiger partial charge in [0.2, 0.25) is 0 Å². The molecule has 0 aliphatic rings. The summed E-state index contributed by atoms with van der Waals surface area (Å²) in [6.07, 6.45) is 0. The predicted octanol–water partition coefficient (Wildman–Crippen LogP) is 5.10. The molecule has 0 atom stereocenters. The lowest BCUT2D eigenvalue weighted by atomic mass is 10.1. The first-order valence-electron chi connectivity index (χ1n) is 4.89.